The molecule has 0 heterocycles. The second-order valence-corrected chi connectivity index (χ2v) is 15.4. The minimum atomic E-state index is -2.12. The third-order valence-electron chi connectivity index (χ3n) is 5.65. The number of nitrogens with one attached hydrogen (secondary N) is 1. The summed E-state index contributed by atoms with van der Waals surface area (Å²) in [5, 5.41) is 13.7. The van der Waals surface area contributed by atoms with E-state index in [4.69, 9.17) is 18.6 Å². The molecule has 2 N–H and O–H groups in total. The summed E-state index contributed by atoms with van der Waals surface area (Å²) in [4.78, 5) is 12.2. The molecule has 0 spiro atoms. The zero-order chi connectivity index (χ0) is 24.7. The summed E-state index contributed by atoms with van der Waals surface area (Å²) in [6, 6.07) is 7.46. The van der Waals surface area contributed by atoms with Crippen LogP contribution in [0.4, 0.5) is 4.79 Å². The molecule has 8 heteroatoms. The first-order chi connectivity index (χ1) is 14.6. The lowest BCUT2D eigenvalue weighted by Crippen LogP contribution is -2.47. The van der Waals surface area contributed by atoms with E-state index in [1.54, 1.807) is 14.2 Å². The Kier molecular flexibility index (Phi) is 10.4. The normalized spacial score (nSPS) is 14.9. The van der Waals surface area contributed by atoms with Gasteiger partial charge in [0.1, 0.15) is 5.60 Å². The van der Waals surface area contributed by atoms with Crippen molar-refractivity contribution in [3.05, 3.63) is 35.4 Å². The molecule has 1 rings (SSSR count). The Hall–Kier alpha value is -1.45. The molecule has 2 unspecified atom stereocenters. The van der Waals surface area contributed by atoms with Gasteiger partial charge in [0.05, 0.1) is 12.2 Å². The van der Waals surface area contributed by atoms with Crippen molar-refractivity contribution in [3.8, 4) is 0 Å². The molecule has 0 aliphatic carbocycles. The van der Waals surface area contributed by atoms with E-state index < -0.39 is 32.4 Å². The van der Waals surface area contributed by atoms with Crippen LogP contribution in [0.1, 0.15) is 71.5 Å². The van der Waals surface area contributed by atoms with Crippen LogP contribution in [0.2, 0.25) is 18.1 Å². The quantitative estimate of drug-likeness (QED) is 0.356. The minimum Gasteiger partial charge on any atom is -0.444 e. The van der Waals surface area contributed by atoms with E-state index in [9.17, 15) is 9.90 Å². The zero-order valence-electron chi connectivity index (χ0n) is 21.4. The van der Waals surface area contributed by atoms with Crippen LogP contribution in [0, 0.1) is 0 Å². The standard InChI is InChI=1S/C24H43NO6Si/c1-23(2,3)30-22(27)25-16-19(31-32(9,10)24(4,5)6)15-20(26)17-11-13-18(14-12-17)21(28-7)29-8/h11-14,19-21,26H,15-16H2,1-10H3,(H,25,27). The molecule has 1 aromatic carbocycles. The fraction of sp³-hybridized carbons (Fsp3) is 0.708. The Labute approximate surface area is 194 Å². The highest BCUT2D eigenvalue weighted by Crippen LogP contribution is 2.38. The van der Waals surface area contributed by atoms with E-state index in [1.807, 2.05) is 45.0 Å². The number of ether oxygens (including phenoxy) is 3. The van der Waals surface area contributed by atoms with Crippen LogP contribution in [0.15, 0.2) is 24.3 Å². The van der Waals surface area contributed by atoms with Crippen LogP contribution < -0.4 is 5.32 Å². The summed E-state index contributed by atoms with van der Waals surface area (Å²) in [7, 11) is 1.04. The molecule has 0 saturated heterocycles. The first-order valence-electron chi connectivity index (χ1n) is 11.1. The van der Waals surface area contributed by atoms with Crippen molar-refractivity contribution in [2.75, 3.05) is 20.8 Å². The number of benzene rings is 1. The zero-order valence-corrected chi connectivity index (χ0v) is 22.4. The summed E-state index contributed by atoms with van der Waals surface area (Å²) in [6.45, 7) is 16.5. The highest BCUT2D eigenvalue weighted by atomic mass is 28.4. The van der Waals surface area contributed by atoms with Crippen LogP contribution in [-0.4, -0.2) is 52.0 Å². The molecule has 0 bridgehead atoms. The van der Waals surface area contributed by atoms with Crippen molar-refractivity contribution < 1.29 is 28.5 Å². The fourth-order valence-corrected chi connectivity index (χ4v) is 4.27. The second-order valence-electron chi connectivity index (χ2n) is 10.6. The number of methoxy groups -OCH3 is 2. The average molecular weight is 470 g/mol. The van der Waals surface area contributed by atoms with E-state index >= 15 is 0 Å². The van der Waals surface area contributed by atoms with Crippen LogP contribution in [-0.2, 0) is 18.6 Å². The number of carbonyl (C=O) groups is 1. The number of aliphatic hydroxyl groups excluding tert-OH is 1. The minimum absolute atomic E-state index is 0.000906. The third-order valence-corrected chi connectivity index (χ3v) is 10.2. The lowest BCUT2D eigenvalue weighted by Gasteiger charge is -2.39. The molecular formula is C24H43NO6Si. The van der Waals surface area contributed by atoms with Gasteiger partial charge in [-0.25, -0.2) is 4.79 Å². The highest BCUT2D eigenvalue weighted by Gasteiger charge is 2.39. The van der Waals surface area contributed by atoms with E-state index in [0.717, 1.165) is 11.1 Å². The molecule has 0 aliphatic heterocycles. The molecule has 184 valence electrons. The SMILES string of the molecule is COC(OC)c1ccc(C(O)CC(CNC(=O)OC(C)(C)C)O[Si](C)(C)C(C)(C)C)cc1. The molecule has 1 amide bonds. The number of alkyl carbamates (subject to hydrolysis) is 1. The van der Waals surface area contributed by atoms with Crippen molar-refractivity contribution in [2.45, 2.75) is 90.2 Å². The van der Waals surface area contributed by atoms with Gasteiger partial charge in [-0.05, 0) is 44.5 Å². The Bertz CT molecular complexity index is 705. The topological polar surface area (TPSA) is 86.2 Å². The lowest BCUT2D eigenvalue weighted by molar-refractivity contribution is -0.106. The Morgan fingerprint density at radius 1 is 1.00 bits per heavy atom. The molecule has 0 saturated carbocycles. The molecule has 2 atom stereocenters. The van der Waals surface area contributed by atoms with Gasteiger partial charge in [0.15, 0.2) is 14.6 Å². The smallest absolute Gasteiger partial charge is 0.407 e. The molecule has 0 fully saturated rings. The van der Waals surface area contributed by atoms with Crippen LogP contribution >= 0.6 is 0 Å². The van der Waals surface area contributed by atoms with Gasteiger partial charge in [-0.3, -0.25) is 0 Å². The predicted octanol–water partition coefficient (Wildman–Crippen LogP) is 5.32. The molecule has 32 heavy (non-hydrogen) atoms. The van der Waals surface area contributed by atoms with Gasteiger partial charge >= 0.3 is 6.09 Å². The molecular weight excluding hydrogens is 426 g/mol. The number of rotatable bonds is 10. The van der Waals surface area contributed by atoms with Gasteiger partial charge in [0, 0.05) is 32.7 Å². The third kappa shape index (κ3) is 9.19. The maximum atomic E-state index is 12.2. The summed E-state index contributed by atoms with van der Waals surface area (Å²) < 4.78 is 22.4. The van der Waals surface area contributed by atoms with Crippen molar-refractivity contribution in [1.82, 2.24) is 5.32 Å². The van der Waals surface area contributed by atoms with Crippen molar-refractivity contribution in [3.63, 3.8) is 0 Å². The van der Waals surface area contributed by atoms with Gasteiger partial charge in [-0.2, -0.15) is 0 Å². The second kappa shape index (κ2) is 11.6. The number of hydrogen-bond donors (Lipinski definition) is 2. The number of aliphatic hydroxyl groups is 1. The van der Waals surface area contributed by atoms with Gasteiger partial charge in [-0.15, -0.1) is 0 Å². The Balaban J connectivity index is 2.94. The van der Waals surface area contributed by atoms with Crippen LogP contribution in [0.3, 0.4) is 0 Å². The van der Waals surface area contributed by atoms with E-state index in [2.05, 4.69) is 39.2 Å². The molecule has 7 nitrogen and oxygen atoms in total. The van der Waals surface area contributed by atoms with Crippen molar-refractivity contribution in [2.24, 2.45) is 0 Å². The Morgan fingerprint density at radius 2 is 1.50 bits per heavy atom. The highest BCUT2D eigenvalue weighted by molar-refractivity contribution is 6.74. The van der Waals surface area contributed by atoms with Crippen LogP contribution in [0.5, 0.6) is 0 Å². The number of carbonyl (C=O) groups excluding carboxylic acids is 1. The largest absolute Gasteiger partial charge is 0.444 e. The fourth-order valence-electron chi connectivity index (χ4n) is 2.91. The maximum Gasteiger partial charge on any atom is 0.407 e. The summed E-state index contributed by atoms with van der Waals surface area (Å²) in [6.07, 6.45) is -1.70. The maximum absolute atomic E-state index is 12.2. The van der Waals surface area contributed by atoms with Gasteiger partial charge in [0.2, 0.25) is 0 Å². The van der Waals surface area contributed by atoms with Crippen LogP contribution in [0.25, 0.3) is 0 Å². The van der Waals surface area contributed by atoms with E-state index in [1.165, 1.54) is 0 Å². The van der Waals surface area contributed by atoms with Crippen molar-refractivity contribution in [1.29, 1.82) is 0 Å². The average Bonchev–Trinajstić information content (AvgIpc) is 2.65. The molecule has 0 aliphatic rings. The molecule has 0 aromatic heterocycles. The number of amides is 1. The van der Waals surface area contributed by atoms with Gasteiger partial charge in [-0.1, -0.05) is 45.0 Å². The van der Waals surface area contributed by atoms with Gasteiger partial charge in [0.25, 0.3) is 0 Å². The lowest BCUT2D eigenvalue weighted by atomic mass is 10.0. The summed E-state index contributed by atoms with van der Waals surface area (Å²) >= 11 is 0. The Morgan fingerprint density at radius 3 is 1.94 bits per heavy atom. The van der Waals surface area contributed by atoms with Gasteiger partial charge < -0.3 is 29.1 Å². The number of hydrogen-bond acceptors (Lipinski definition) is 6. The molecule has 1 aromatic rings. The van der Waals surface area contributed by atoms with E-state index in [-0.39, 0.29) is 17.7 Å². The van der Waals surface area contributed by atoms with Crippen molar-refractivity contribution >= 4 is 14.4 Å². The summed E-state index contributed by atoms with van der Waals surface area (Å²) in [5.41, 5.74) is 1.05. The van der Waals surface area contributed by atoms with E-state index in [0.29, 0.717) is 6.42 Å². The first-order valence-corrected chi connectivity index (χ1v) is 14.0. The monoisotopic (exact) mass is 469 g/mol. The first kappa shape index (κ1) is 28.6. The summed E-state index contributed by atoms with van der Waals surface area (Å²) in [5.74, 6) is 0. The predicted molar refractivity (Wildman–Crippen MR) is 129 cm³/mol. The molecule has 0 radical (unpaired) electrons.